The maximum atomic E-state index is 13.1. The quantitative estimate of drug-likeness (QED) is 0.892. The summed E-state index contributed by atoms with van der Waals surface area (Å²) in [6.45, 7) is 6.33. The smallest absolute Gasteiger partial charge is 0.251 e. The predicted octanol–water partition coefficient (Wildman–Crippen LogP) is 3.00. The van der Waals surface area contributed by atoms with Crippen LogP contribution in [0, 0.1) is 5.82 Å². The molecule has 0 bridgehead atoms. The van der Waals surface area contributed by atoms with Gasteiger partial charge < -0.3 is 10.2 Å². The summed E-state index contributed by atoms with van der Waals surface area (Å²) in [7, 11) is 0. The third kappa shape index (κ3) is 4.04. The van der Waals surface area contributed by atoms with Crippen molar-refractivity contribution < 1.29 is 9.18 Å². The number of hydrogen-bond acceptors (Lipinski definition) is 3. The molecule has 2 rings (SSSR count). The Morgan fingerprint density at radius 1 is 1.23 bits per heavy atom. The lowest BCUT2D eigenvalue weighted by atomic mass is 10.2. The second-order valence-electron chi connectivity index (χ2n) is 4.89. The van der Waals surface area contributed by atoms with Gasteiger partial charge in [0.2, 0.25) is 0 Å². The number of nitrogens with zero attached hydrogens (tertiary/aromatic N) is 2. The predicted molar refractivity (Wildman–Crippen MR) is 85.4 cm³/mol. The average Bonchev–Trinajstić information content (AvgIpc) is 2.55. The first kappa shape index (κ1) is 15.9. The van der Waals surface area contributed by atoms with Gasteiger partial charge >= 0.3 is 0 Å². The minimum atomic E-state index is -0.419. The Hall–Kier alpha value is -2.43. The number of amides is 1. The molecule has 0 aliphatic carbocycles. The van der Waals surface area contributed by atoms with Gasteiger partial charge in [-0.25, -0.2) is 9.37 Å². The largest absolute Gasteiger partial charge is 0.357 e. The van der Waals surface area contributed by atoms with Crippen LogP contribution in [-0.4, -0.2) is 24.0 Å². The highest BCUT2D eigenvalue weighted by Crippen LogP contribution is 2.11. The van der Waals surface area contributed by atoms with Gasteiger partial charge in [0, 0.05) is 31.4 Å². The number of pyridine rings is 1. The van der Waals surface area contributed by atoms with E-state index in [2.05, 4.69) is 29.0 Å². The van der Waals surface area contributed by atoms with Gasteiger partial charge in [0.1, 0.15) is 11.6 Å². The SMILES string of the molecule is CCN(CC)c1ccc(CNC(=O)c2cccc(F)c2)cn1. The third-order valence-corrected chi connectivity index (χ3v) is 3.44. The van der Waals surface area contributed by atoms with Crippen LogP contribution in [0.15, 0.2) is 42.6 Å². The molecule has 0 radical (unpaired) electrons. The van der Waals surface area contributed by atoms with Gasteiger partial charge in [0.15, 0.2) is 0 Å². The molecule has 1 N–H and O–H groups in total. The van der Waals surface area contributed by atoms with Crippen molar-refractivity contribution in [3.05, 3.63) is 59.5 Å². The van der Waals surface area contributed by atoms with Crippen molar-refractivity contribution >= 4 is 11.7 Å². The van der Waals surface area contributed by atoms with Gasteiger partial charge in [-0.1, -0.05) is 12.1 Å². The van der Waals surface area contributed by atoms with Gasteiger partial charge in [0.25, 0.3) is 5.91 Å². The Labute approximate surface area is 130 Å². The van der Waals surface area contributed by atoms with Gasteiger partial charge in [-0.05, 0) is 43.7 Å². The van der Waals surface area contributed by atoms with Crippen LogP contribution in [0.1, 0.15) is 29.8 Å². The molecule has 1 amide bonds. The molecule has 1 aromatic heterocycles. The Morgan fingerprint density at radius 2 is 2.00 bits per heavy atom. The van der Waals surface area contributed by atoms with Crippen LogP contribution < -0.4 is 10.2 Å². The van der Waals surface area contributed by atoms with Crippen LogP contribution in [0.25, 0.3) is 0 Å². The summed E-state index contributed by atoms with van der Waals surface area (Å²) < 4.78 is 13.1. The van der Waals surface area contributed by atoms with E-state index in [1.165, 1.54) is 18.2 Å². The number of hydrogen-bond donors (Lipinski definition) is 1. The summed E-state index contributed by atoms with van der Waals surface area (Å²) in [4.78, 5) is 18.5. The summed E-state index contributed by atoms with van der Waals surface area (Å²) in [5.74, 6) is 0.204. The van der Waals surface area contributed by atoms with Crippen molar-refractivity contribution in [3.63, 3.8) is 0 Å². The third-order valence-electron chi connectivity index (χ3n) is 3.44. The van der Waals surface area contributed by atoms with Crippen LogP contribution >= 0.6 is 0 Å². The Balaban J connectivity index is 1.95. The molecular weight excluding hydrogens is 281 g/mol. The standard InChI is InChI=1S/C17H20FN3O/c1-3-21(4-2)16-9-8-13(11-19-16)12-20-17(22)14-6-5-7-15(18)10-14/h5-11H,3-4,12H2,1-2H3,(H,20,22). The number of halogens is 1. The number of carbonyl (C=O) groups is 1. The van der Waals surface area contributed by atoms with Crippen LogP contribution in [0.4, 0.5) is 10.2 Å². The Kier molecular flexibility index (Phi) is 5.47. The minimum absolute atomic E-state index is 0.299. The van der Waals surface area contributed by atoms with E-state index < -0.39 is 5.82 Å². The molecule has 1 heterocycles. The molecule has 0 saturated carbocycles. The number of rotatable bonds is 6. The topological polar surface area (TPSA) is 45.2 Å². The van der Waals surface area contributed by atoms with E-state index in [1.807, 2.05) is 12.1 Å². The molecule has 0 unspecified atom stereocenters. The molecule has 0 aliphatic heterocycles. The summed E-state index contributed by atoms with van der Waals surface area (Å²) >= 11 is 0. The molecule has 5 heteroatoms. The summed E-state index contributed by atoms with van der Waals surface area (Å²) in [6.07, 6.45) is 1.75. The van der Waals surface area contributed by atoms with E-state index in [4.69, 9.17) is 0 Å². The second-order valence-corrected chi connectivity index (χ2v) is 4.89. The van der Waals surface area contributed by atoms with Crippen LogP contribution in [-0.2, 0) is 6.54 Å². The number of anilines is 1. The molecule has 2 aromatic rings. The molecule has 0 atom stereocenters. The average molecular weight is 301 g/mol. The second kappa shape index (κ2) is 7.54. The van der Waals surface area contributed by atoms with E-state index in [0.717, 1.165) is 24.5 Å². The summed E-state index contributed by atoms with van der Waals surface area (Å²) in [5, 5.41) is 2.76. The highest BCUT2D eigenvalue weighted by atomic mass is 19.1. The van der Waals surface area contributed by atoms with Crippen molar-refractivity contribution in [1.29, 1.82) is 0 Å². The Morgan fingerprint density at radius 3 is 2.59 bits per heavy atom. The number of aromatic nitrogens is 1. The highest BCUT2D eigenvalue weighted by molar-refractivity contribution is 5.94. The number of carbonyl (C=O) groups excluding carboxylic acids is 1. The molecule has 0 saturated heterocycles. The van der Waals surface area contributed by atoms with Crippen LogP contribution in [0.2, 0.25) is 0 Å². The highest BCUT2D eigenvalue weighted by Gasteiger charge is 2.07. The number of nitrogens with one attached hydrogen (secondary N) is 1. The zero-order chi connectivity index (χ0) is 15.9. The maximum absolute atomic E-state index is 13.1. The van der Waals surface area contributed by atoms with Crippen molar-refractivity contribution in [2.45, 2.75) is 20.4 Å². The molecule has 116 valence electrons. The van der Waals surface area contributed by atoms with Crippen molar-refractivity contribution in [3.8, 4) is 0 Å². The van der Waals surface area contributed by atoms with Gasteiger partial charge in [0.05, 0.1) is 0 Å². The zero-order valence-electron chi connectivity index (χ0n) is 12.8. The summed E-state index contributed by atoms with van der Waals surface area (Å²) in [5.41, 5.74) is 1.22. The van der Waals surface area contributed by atoms with Gasteiger partial charge in [-0.15, -0.1) is 0 Å². The number of benzene rings is 1. The zero-order valence-corrected chi connectivity index (χ0v) is 12.8. The first-order valence-electron chi connectivity index (χ1n) is 7.37. The molecule has 0 fully saturated rings. The van der Waals surface area contributed by atoms with E-state index in [-0.39, 0.29) is 5.91 Å². The lowest BCUT2D eigenvalue weighted by molar-refractivity contribution is 0.0950. The Bertz CT molecular complexity index is 624. The van der Waals surface area contributed by atoms with E-state index in [9.17, 15) is 9.18 Å². The fraction of sp³-hybridized carbons (Fsp3) is 0.294. The van der Waals surface area contributed by atoms with Gasteiger partial charge in [-0.3, -0.25) is 4.79 Å². The van der Waals surface area contributed by atoms with E-state index in [1.54, 1.807) is 12.3 Å². The fourth-order valence-corrected chi connectivity index (χ4v) is 2.17. The monoisotopic (exact) mass is 301 g/mol. The minimum Gasteiger partial charge on any atom is -0.357 e. The lowest BCUT2D eigenvalue weighted by Crippen LogP contribution is -2.24. The summed E-state index contributed by atoms with van der Waals surface area (Å²) in [6, 6.07) is 9.51. The molecule has 0 spiro atoms. The van der Waals surface area contributed by atoms with Crippen LogP contribution in [0.3, 0.4) is 0 Å². The van der Waals surface area contributed by atoms with Gasteiger partial charge in [-0.2, -0.15) is 0 Å². The van der Waals surface area contributed by atoms with Crippen LogP contribution in [0.5, 0.6) is 0 Å². The van der Waals surface area contributed by atoms with Crippen molar-refractivity contribution in [1.82, 2.24) is 10.3 Å². The maximum Gasteiger partial charge on any atom is 0.251 e. The molecular formula is C17H20FN3O. The van der Waals surface area contributed by atoms with E-state index >= 15 is 0 Å². The van der Waals surface area contributed by atoms with Crippen molar-refractivity contribution in [2.75, 3.05) is 18.0 Å². The molecule has 22 heavy (non-hydrogen) atoms. The molecule has 1 aromatic carbocycles. The normalized spacial score (nSPS) is 10.3. The van der Waals surface area contributed by atoms with E-state index in [0.29, 0.717) is 12.1 Å². The lowest BCUT2D eigenvalue weighted by Gasteiger charge is -2.19. The first-order valence-corrected chi connectivity index (χ1v) is 7.37. The van der Waals surface area contributed by atoms with Crippen molar-refractivity contribution in [2.24, 2.45) is 0 Å². The molecule has 0 aliphatic rings. The fourth-order valence-electron chi connectivity index (χ4n) is 2.17. The molecule has 4 nitrogen and oxygen atoms in total. The first-order chi connectivity index (χ1) is 10.6.